The first-order chi connectivity index (χ1) is 11.6. The number of benzene rings is 1. The third-order valence-corrected chi connectivity index (χ3v) is 4.67. The zero-order chi connectivity index (χ0) is 17.1. The monoisotopic (exact) mass is 386 g/mol. The van der Waals surface area contributed by atoms with E-state index >= 15 is 0 Å². The maximum atomic E-state index is 6.34. The van der Waals surface area contributed by atoms with Crippen molar-refractivity contribution in [1.82, 2.24) is 19.8 Å². The van der Waals surface area contributed by atoms with Crippen LogP contribution in [0.4, 0.5) is 0 Å². The summed E-state index contributed by atoms with van der Waals surface area (Å²) in [5.74, 6) is 2.29. The van der Waals surface area contributed by atoms with Crippen molar-refractivity contribution >= 4 is 24.0 Å². The predicted molar refractivity (Wildman–Crippen MR) is 101 cm³/mol. The number of piperazine rings is 1. The number of methoxy groups -OCH3 is 2. The van der Waals surface area contributed by atoms with E-state index in [0.717, 1.165) is 37.6 Å². The lowest BCUT2D eigenvalue weighted by molar-refractivity contribution is 0.144. The van der Waals surface area contributed by atoms with Crippen molar-refractivity contribution in [2.45, 2.75) is 12.6 Å². The van der Waals surface area contributed by atoms with Gasteiger partial charge in [-0.15, -0.1) is 12.4 Å². The fourth-order valence-electron chi connectivity index (χ4n) is 3.19. The van der Waals surface area contributed by atoms with E-state index in [9.17, 15) is 0 Å². The number of halogens is 2. The van der Waals surface area contributed by atoms with Gasteiger partial charge in [0.05, 0.1) is 25.3 Å². The molecule has 2 aromatic rings. The highest BCUT2D eigenvalue weighted by Crippen LogP contribution is 2.37. The lowest BCUT2D eigenvalue weighted by Gasteiger charge is -2.35. The van der Waals surface area contributed by atoms with Crippen LogP contribution in [-0.2, 0) is 13.6 Å². The van der Waals surface area contributed by atoms with Crippen LogP contribution in [0.3, 0.4) is 0 Å². The quantitative estimate of drug-likeness (QED) is 0.855. The minimum atomic E-state index is 0. The Morgan fingerprint density at radius 2 is 2.12 bits per heavy atom. The summed E-state index contributed by atoms with van der Waals surface area (Å²) in [7, 11) is 5.25. The molecule has 0 aliphatic carbocycles. The number of nitrogens with zero attached hydrogens (tertiary/aromatic N) is 3. The van der Waals surface area contributed by atoms with Crippen molar-refractivity contribution in [1.29, 1.82) is 0 Å². The van der Waals surface area contributed by atoms with Crippen molar-refractivity contribution in [2.24, 2.45) is 7.05 Å². The molecule has 0 saturated carbocycles. The fourth-order valence-corrected chi connectivity index (χ4v) is 3.50. The minimum Gasteiger partial charge on any atom is -0.493 e. The summed E-state index contributed by atoms with van der Waals surface area (Å²) in [5, 5.41) is 4.02. The summed E-state index contributed by atoms with van der Waals surface area (Å²) in [6.07, 6.45) is 3.82. The highest BCUT2D eigenvalue weighted by molar-refractivity contribution is 6.32. The largest absolute Gasteiger partial charge is 0.493 e. The number of aromatic nitrogens is 2. The number of aryl methyl sites for hydroxylation is 1. The van der Waals surface area contributed by atoms with Crippen LogP contribution in [0, 0.1) is 0 Å². The Kier molecular flexibility index (Phi) is 6.95. The Hall–Kier alpha value is -1.47. The Bertz CT molecular complexity index is 708. The van der Waals surface area contributed by atoms with Crippen LogP contribution in [0.5, 0.6) is 11.5 Å². The van der Waals surface area contributed by atoms with Crippen LogP contribution in [0.25, 0.3) is 0 Å². The molecule has 1 N–H and O–H groups in total. The second kappa shape index (κ2) is 8.76. The number of nitrogens with one attached hydrogen (secondary N) is 1. The molecular weight excluding hydrogens is 363 g/mol. The van der Waals surface area contributed by atoms with Crippen LogP contribution >= 0.6 is 24.0 Å². The van der Waals surface area contributed by atoms with Crippen LogP contribution < -0.4 is 14.8 Å². The summed E-state index contributed by atoms with van der Waals surface area (Å²) < 4.78 is 12.8. The van der Waals surface area contributed by atoms with Gasteiger partial charge >= 0.3 is 0 Å². The smallest absolute Gasteiger partial charge is 0.179 e. The zero-order valence-electron chi connectivity index (χ0n) is 14.7. The Labute approximate surface area is 159 Å². The summed E-state index contributed by atoms with van der Waals surface area (Å²) >= 11 is 6.34. The molecule has 138 valence electrons. The second-order valence-electron chi connectivity index (χ2n) is 5.90. The fraction of sp³-hybridized carbons (Fsp3) is 0.471. The van der Waals surface area contributed by atoms with Crippen LogP contribution in [0.15, 0.2) is 24.5 Å². The van der Waals surface area contributed by atoms with Crippen LogP contribution in [-0.4, -0.2) is 48.3 Å². The van der Waals surface area contributed by atoms with Crippen molar-refractivity contribution in [3.8, 4) is 11.5 Å². The van der Waals surface area contributed by atoms with Crippen molar-refractivity contribution in [2.75, 3.05) is 33.9 Å². The zero-order valence-corrected chi connectivity index (χ0v) is 16.2. The number of hydrogen-bond donors (Lipinski definition) is 1. The molecule has 8 heteroatoms. The van der Waals surface area contributed by atoms with Gasteiger partial charge in [0.1, 0.15) is 5.82 Å². The van der Waals surface area contributed by atoms with Gasteiger partial charge in [0.2, 0.25) is 0 Å². The molecule has 1 unspecified atom stereocenters. The molecule has 2 heterocycles. The molecule has 0 radical (unpaired) electrons. The normalized spacial score (nSPS) is 17.8. The van der Waals surface area contributed by atoms with Gasteiger partial charge in [-0.3, -0.25) is 4.90 Å². The number of imidazole rings is 1. The first-order valence-electron chi connectivity index (χ1n) is 7.96. The van der Waals surface area contributed by atoms with E-state index in [1.54, 1.807) is 14.2 Å². The number of rotatable bonds is 5. The Morgan fingerprint density at radius 3 is 2.76 bits per heavy atom. The Balaban J connectivity index is 0.00000225. The molecule has 1 saturated heterocycles. The molecule has 25 heavy (non-hydrogen) atoms. The molecule has 3 rings (SSSR count). The maximum Gasteiger partial charge on any atom is 0.179 e. The van der Waals surface area contributed by atoms with Crippen molar-refractivity contribution in [3.05, 3.63) is 40.9 Å². The Morgan fingerprint density at radius 1 is 1.32 bits per heavy atom. The maximum absolute atomic E-state index is 6.34. The summed E-state index contributed by atoms with van der Waals surface area (Å²) in [5.41, 5.74) is 1.10. The lowest BCUT2D eigenvalue weighted by Crippen LogP contribution is -2.46. The van der Waals surface area contributed by atoms with E-state index in [4.69, 9.17) is 21.1 Å². The van der Waals surface area contributed by atoms with Crippen LogP contribution in [0.1, 0.15) is 17.4 Å². The molecule has 1 atom stereocenters. The van der Waals surface area contributed by atoms with Crippen molar-refractivity contribution < 1.29 is 9.47 Å². The highest BCUT2D eigenvalue weighted by Gasteiger charge is 2.27. The predicted octanol–water partition coefficient (Wildman–Crippen LogP) is 2.66. The van der Waals surface area contributed by atoms with Gasteiger partial charge in [-0.05, 0) is 17.7 Å². The van der Waals surface area contributed by atoms with Gasteiger partial charge in [0.25, 0.3) is 0 Å². The van der Waals surface area contributed by atoms with E-state index in [0.29, 0.717) is 16.5 Å². The van der Waals surface area contributed by atoms with E-state index in [1.807, 2.05) is 31.6 Å². The van der Waals surface area contributed by atoms with Gasteiger partial charge in [-0.25, -0.2) is 4.98 Å². The molecule has 1 aliphatic rings. The van der Waals surface area contributed by atoms with Gasteiger partial charge in [0.15, 0.2) is 11.5 Å². The van der Waals surface area contributed by atoms with E-state index in [1.165, 1.54) is 0 Å². The van der Waals surface area contributed by atoms with Crippen LogP contribution in [0.2, 0.25) is 5.02 Å². The van der Waals surface area contributed by atoms with E-state index < -0.39 is 0 Å². The van der Waals surface area contributed by atoms with Gasteiger partial charge in [-0.2, -0.15) is 0 Å². The molecular formula is C17H24Cl2N4O2. The molecule has 1 fully saturated rings. The average Bonchev–Trinajstić information content (AvgIpc) is 3.00. The van der Waals surface area contributed by atoms with E-state index in [-0.39, 0.29) is 18.4 Å². The molecule has 1 aromatic carbocycles. The van der Waals surface area contributed by atoms with Gasteiger partial charge < -0.3 is 19.4 Å². The SMILES string of the molecule is COc1cc(CN2CCNCC2c2nccn2C)cc(Cl)c1OC.Cl. The van der Waals surface area contributed by atoms with Gasteiger partial charge in [0, 0.05) is 45.6 Å². The first kappa shape index (κ1) is 19.8. The topological polar surface area (TPSA) is 51.5 Å². The van der Waals surface area contributed by atoms with Crippen molar-refractivity contribution in [3.63, 3.8) is 0 Å². The third kappa shape index (κ3) is 4.20. The third-order valence-electron chi connectivity index (χ3n) is 4.39. The van der Waals surface area contributed by atoms with Gasteiger partial charge in [-0.1, -0.05) is 11.6 Å². The molecule has 0 bridgehead atoms. The number of hydrogen-bond acceptors (Lipinski definition) is 5. The number of ether oxygens (including phenoxy) is 2. The first-order valence-corrected chi connectivity index (χ1v) is 8.34. The molecule has 6 nitrogen and oxygen atoms in total. The molecule has 1 aromatic heterocycles. The lowest BCUT2D eigenvalue weighted by atomic mass is 10.1. The summed E-state index contributed by atoms with van der Waals surface area (Å²) in [6.45, 7) is 3.57. The molecule has 0 amide bonds. The molecule has 0 spiro atoms. The summed E-state index contributed by atoms with van der Waals surface area (Å²) in [6, 6.07) is 4.16. The highest BCUT2D eigenvalue weighted by atomic mass is 35.5. The summed E-state index contributed by atoms with van der Waals surface area (Å²) in [4.78, 5) is 6.93. The second-order valence-corrected chi connectivity index (χ2v) is 6.31. The minimum absolute atomic E-state index is 0. The van der Waals surface area contributed by atoms with E-state index in [2.05, 4.69) is 19.8 Å². The average molecular weight is 387 g/mol. The molecule has 1 aliphatic heterocycles. The standard InChI is InChI=1S/C17H23ClN4O2.ClH/c1-21-6-5-20-17(21)14-10-19-4-7-22(14)11-12-8-13(18)16(24-3)15(9-12)23-2;/h5-6,8-9,14,19H,4,7,10-11H2,1-3H3;1H.